The summed E-state index contributed by atoms with van der Waals surface area (Å²) < 4.78 is 21.6. The van der Waals surface area contributed by atoms with E-state index in [4.69, 9.17) is 5.14 Å². The van der Waals surface area contributed by atoms with Gasteiger partial charge in [0, 0.05) is 0 Å². The lowest BCUT2D eigenvalue weighted by Crippen LogP contribution is -2.29. The van der Waals surface area contributed by atoms with Crippen LogP contribution in [0.4, 0.5) is 0 Å². The average molecular weight is 250 g/mol. The maximum atomic E-state index is 10.8. The van der Waals surface area contributed by atoms with Gasteiger partial charge in [-0.3, -0.25) is 0 Å². The Morgan fingerprint density at radius 3 is 1.75 bits per heavy atom. The van der Waals surface area contributed by atoms with Crippen LogP contribution in [0.5, 0.6) is 0 Å². The average Bonchev–Trinajstić information content (AvgIpc) is 2.19. The largest absolute Gasteiger partial charge is 0.303 e. The standard InChI is InChI=1S/C11H26N2O2S/c1-3-5-8-13(9-6-4-2)10-7-11-16(12,14)15/h3-11H2,1-2H3,(H2,12,14,15). The van der Waals surface area contributed by atoms with Gasteiger partial charge in [-0.25, -0.2) is 13.6 Å². The summed E-state index contributed by atoms with van der Waals surface area (Å²) in [6.07, 6.45) is 5.36. The van der Waals surface area contributed by atoms with Crippen LogP contribution < -0.4 is 5.14 Å². The van der Waals surface area contributed by atoms with Gasteiger partial charge < -0.3 is 4.90 Å². The maximum absolute atomic E-state index is 10.8. The highest BCUT2D eigenvalue weighted by molar-refractivity contribution is 7.89. The van der Waals surface area contributed by atoms with E-state index in [0.717, 1.165) is 19.6 Å². The fraction of sp³-hybridized carbons (Fsp3) is 1.00. The second kappa shape index (κ2) is 8.96. The molecule has 0 aromatic carbocycles. The Balaban J connectivity index is 3.81. The Morgan fingerprint density at radius 2 is 1.38 bits per heavy atom. The number of hydrogen-bond acceptors (Lipinski definition) is 3. The van der Waals surface area contributed by atoms with Crippen LogP contribution in [0.1, 0.15) is 46.0 Å². The van der Waals surface area contributed by atoms with Crippen molar-refractivity contribution < 1.29 is 8.42 Å². The van der Waals surface area contributed by atoms with E-state index in [1.807, 2.05) is 0 Å². The molecular weight excluding hydrogens is 224 g/mol. The van der Waals surface area contributed by atoms with Crippen molar-refractivity contribution in [1.82, 2.24) is 4.90 Å². The maximum Gasteiger partial charge on any atom is 0.209 e. The van der Waals surface area contributed by atoms with Gasteiger partial charge in [0.05, 0.1) is 5.75 Å². The van der Waals surface area contributed by atoms with Gasteiger partial charge in [-0.1, -0.05) is 26.7 Å². The summed E-state index contributed by atoms with van der Waals surface area (Å²) in [5, 5.41) is 4.98. The summed E-state index contributed by atoms with van der Waals surface area (Å²) in [4.78, 5) is 2.35. The van der Waals surface area contributed by atoms with E-state index in [0.29, 0.717) is 6.42 Å². The number of hydrogen-bond donors (Lipinski definition) is 1. The third-order valence-corrected chi connectivity index (χ3v) is 3.42. The minimum Gasteiger partial charge on any atom is -0.303 e. The van der Waals surface area contributed by atoms with Crippen molar-refractivity contribution in [1.29, 1.82) is 0 Å². The zero-order valence-corrected chi connectivity index (χ0v) is 11.4. The highest BCUT2D eigenvalue weighted by Crippen LogP contribution is 2.01. The van der Waals surface area contributed by atoms with E-state index >= 15 is 0 Å². The Bertz CT molecular complexity index is 245. The van der Waals surface area contributed by atoms with Crippen LogP contribution in [0.15, 0.2) is 0 Å². The van der Waals surface area contributed by atoms with Gasteiger partial charge in [0.25, 0.3) is 0 Å². The Morgan fingerprint density at radius 1 is 0.938 bits per heavy atom. The molecule has 16 heavy (non-hydrogen) atoms. The molecule has 0 rings (SSSR count). The minimum absolute atomic E-state index is 0.0990. The van der Waals surface area contributed by atoms with Gasteiger partial charge in [0.1, 0.15) is 0 Å². The highest BCUT2D eigenvalue weighted by atomic mass is 32.2. The Hall–Kier alpha value is -0.130. The first-order valence-corrected chi connectivity index (χ1v) is 7.94. The number of sulfonamides is 1. The van der Waals surface area contributed by atoms with Crippen molar-refractivity contribution in [3.8, 4) is 0 Å². The molecule has 0 atom stereocenters. The first-order chi connectivity index (χ1) is 7.49. The molecule has 0 aromatic heterocycles. The van der Waals surface area contributed by atoms with Crippen LogP contribution in [0.3, 0.4) is 0 Å². The van der Waals surface area contributed by atoms with E-state index in [2.05, 4.69) is 18.7 Å². The number of nitrogens with two attached hydrogens (primary N) is 1. The second-order valence-corrected chi connectivity index (χ2v) is 6.00. The molecule has 5 heteroatoms. The van der Waals surface area contributed by atoms with Crippen molar-refractivity contribution in [3.63, 3.8) is 0 Å². The summed E-state index contributed by atoms with van der Waals surface area (Å²) in [5.41, 5.74) is 0. The van der Waals surface area contributed by atoms with Gasteiger partial charge in [-0.05, 0) is 38.9 Å². The fourth-order valence-electron chi connectivity index (χ4n) is 1.59. The molecule has 0 unspecified atom stereocenters. The van der Waals surface area contributed by atoms with Gasteiger partial charge in [0.2, 0.25) is 10.0 Å². The van der Waals surface area contributed by atoms with Crippen molar-refractivity contribution in [2.24, 2.45) is 5.14 Å². The van der Waals surface area contributed by atoms with Crippen LogP contribution in [0.25, 0.3) is 0 Å². The molecule has 0 radical (unpaired) electrons. The van der Waals surface area contributed by atoms with Gasteiger partial charge in [-0.2, -0.15) is 0 Å². The van der Waals surface area contributed by atoms with E-state index in [1.54, 1.807) is 0 Å². The summed E-state index contributed by atoms with van der Waals surface area (Å²) in [7, 11) is -3.29. The molecule has 0 saturated heterocycles. The normalized spacial score (nSPS) is 12.2. The van der Waals surface area contributed by atoms with Crippen LogP contribution >= 0.6 is 0 Å². The number of rotatable bonds is 10. The van der Waals surface area contributed by atoms with Crippen molar-refractivity contribution in [2.45, 2.75) is 46.0 Å². The summed E-state index contributed by atoms with van der Waals surface area (Å²) in [5.74, 6) is 0.0990. The molecule has 0 aliphatic carbocycles. The lowest BCUT2D eigenvalue weighted by molar-refractivity contribution is 0.266. The van der Waals surface area contributed by atoms with Gasteiger partial charge in [-0.15, -0.1) is 0 Å². The van der Waals surface area contributed by atoms with Gasteiger partial charge >= 0.3 is 0 Å². The molecule has 0 heterocycles. The molecule has 4 nitrogen and oxygen atoms in total. The molecule has 0 bridgehead atoms. The topological polar surface area (TPSA) is 63.4 Å². The third kappa shape index (κ3) is 10.4. The number of primary sulfonamides is 1. The second-order valence-electron chi connectivity index (χ2n) is 4.27. The lowest BCUT2D eigenvalue weighted by Gasteiger charge is -2.21. The van der Waals surface area contributed by atoms with Crippen LogP contribution in [0.2, 0.25) is 0 Å². The third-order valence-electron chi connectivity index (χ3n) is 2.56. The highest BCUT2D eigenvalue weighted by Gasteiger charge is 2.07. The van der Waals surface area contributed by atoms with Crippen molar-refractivity contribution >= 4 is 10.0 Å². The molecular formula is C11H26N2O2S. The quantitative estimate of drug-likeness (QED) is 0.640. The zero-order valence-electron chi connectivity index (χ0n) is 10.6. The molecule has 0 spiro atoms. The summed E-state index contributed by atoms with van der Waals surface area (Å²) >= 11 is 0. The Labute approximate surface area is 100 Å². The van der Waals surface area contributed by atoms with Crippen molar-refractivity contribution in [2.75, 3.05) is 25.4 Å². The van der Waals surface area contributed by atoms with Gasteiger partial charge in [0.15, 0.2) is 0 Å². The predicted octanol–water partition coefficient (Wildman–Crippen LogP) is 1.57. The lowest BCUT2D eigenvalue weighted by atomic mass is 10.2. The molecule has 0 aromatic rings. The molecule has 0 fully saturated rings. The first kappa shape index (κ1) is 15.9. The molecule has 98 valence electrons. The van der Waals surface area contributed by atoms with Crippen LogP contribution in [-0.4, -0.2) is 38.7 Å². The number of unbranched alkanes of at least 4 members (excludes halogenated alkanes) is 2. The molecule has 0 aliphatic rings. The van der Waals surface area contributed by atoms with E-state index in [-0.39, 0.29) is 5.75 Å². The molecule has 0 aliphatic heterocycles. The first-order valence-electron chi connectivity index (χ1n) is 6.22. The zero-order chi connectivity index (χ0) is 12.4. The minimum atomic E-state index is -3.29. The van der Waals surface area contributed by atoms with Crippen LogP contribution in [0, 0.1) is 0 Å². The molecule has 0 amide bonds. The van der Waals surface area contributed by atoms with E-state index < -0.39 is 10.0 Å². The van der Waals surface area contributed by atoms with Crippen LogP contribution in [-0.2, 0) is 10.0 Å². The fourth-order valence-corrected chi connectivity index (χ4v) is 2.12. The summed E-state index contributed by atoms with van der Waals surface area (Å²) in [6, 6.07) is 0. The molecule has 0 saturated carbocycles. The van der Waals surface area contributed by atoms with E-state index in [1.165, 1.54) is 25.7 Å². The SMILES string of the molecule is CCCCN(CCCC)CCCS(N)(=O)=O. The predicted molar refractivity (Wildman–Crippen MR) is 68.8 cm³/mol. The monoisotopic (exact) mass is 250 g/mol. The number of nitrogens with zero attached hydrogens (tertiary/aromatic N) is 1. The molecule has 2 N–H and O–H groups in total. The summed E-state index contributed by atoms with van der Waals surface area (Å²) in [6.45, 7) is 7.32. The van der Waals surface area contributed by atoms with Crippen molar-refractivity contribution in [3.05, 3.63) is 0 Å². The smallest absolute Gasteiger partial charge is 0.209 e. The van der Waals surface area contributed by atoms with E-state index in [9.17, 15) is 8.42 Å². The Kier molecular flexibility index (Phi) is 8.89.